The van der Waals surface area contributed by atoms with Gasteiger partial charge in [-0.3, -0.25) is 4.79 Å². The number of nitrogens with zero attached hydrogens (tertiary/aromatic N) is 5. The summed E-state index contributed by atoms with van der Waals surface area (Å²) in [7, 11) is 1.85. The van der Waals surface area contributed by atoms with Gasteiger partial charge in [0.15, 0.2) is 5.82 Å². The predicted molar refractivity (Wildman–Crippen MR) is 120 cm³/mol. The summed E-state index contributed by atoms with van der Waals surface area (Å²) in [5.74, 6) is 0.432. The molecule has 0 radical (unpaired) electrons. The molecule has 10 heteroatoms. The van der Waals surface area contributed by atoms with Gasteiger partial charge >= 0.3 is 0 Å². The first-order valence-corrected chi connectivity index (χ1v) is 11.0. The van der Waals surface area contributed by atoms with Crippen LogP contribution in [0.25, 0.3) is 16.2 Å². The Bertz CT molecular complexity index is 1080. The van der Waals surface area contributed by atoms with Crippen LogP contribution in [0.15, 0.2) is 24.3 Å². The zero-order valence-electron chi connectivity index (χ0n) is 18.2. The van der Waals surface area contributed by atoms with Crippen molar-refractivity contribution in [1.82, 2.24) is 19.5 Å². The van der Waals surface area contributed by atoms with Gasteiger partial charge in [0.05, 0.1) is 19.8 Å². The number of ether oxygens (including phenoxy) is 1. The summed E-state index contributed by atoms with van der Waals surface area (Å²) >= 11 is 1.39. The van der Waals surface area contributed by atoms with E-state index in [1.165, 1.54) is 23.5 Å². The Labute approximate surface area is 184 Å². The zero-order chi connectivity index (χ0) is 22.2. The number of amides is 1. The number of aromatic nitrogens is 3. The SMILES string of the molecule is CN(CC(=O)N1CCOCC1)c1nn2c(NC(C)(C)C)c(-c3cccc(F)c3)nc2s1. The van der Waals surface area contributed by atoms with Gasteiger partial charge in [0, 0.05) is 31.2 Å². The Morgan fingerprint density at radius 3 is 2.74 bits per heavy atom. The van der Waals surface area contributed by atoms with E-state index in [2.05, 4.69) is 5.32 Å². The number of hydrogen-bond acceptors (Lipinski definition) is 7. The summed E-state index contributed by atoms with van der Waals surface area (Å²) < 4.78 is 20.9. The number of carbonyl (C=O) groups is 1. The Hall–Kier alpha value is -2.72. The van der Waals surface area contributed by atoms with Crippen LogP contribution < -0.4 is 10.2 Å². The van der Waals surface area contributed by atoms with E-state index >= 15 is 0 Å². The van der Waals surface area contributed by atoms with E-state index in [4.69, 9.17) is 14.8 Å². The van der Waals surface area contributed by atoms with Crippen molar-refractivity contribution in [2.45, 2.75) is 26.3 Å². The largest absolute Gasteiger partial charge is 0.378 e. The molecule has 1 amide bonds. The molecular weight excluding hydrogens is 419 g/mol. The van der Waals surface area contributed by atoms with Crippen LogP contribution in [-0.4, -0.2) is 70.8 Å². The fourth-order valence-corrected chi connectivity index (χ4v) is 4.24. The molecule has 1 aromatic carbocycles. The second-order valence-corrected chi connectivity index (χ2v) is 9.56. The number of anilines is 2. The van der Waals surface area contributed by atoms with Crippen LogP contribution in [0.1, 0.15) is 20.8 Å². The summed E-state index contributed by atoms with van der Waals surface area (Å²) in [4.78, 5) is 21.6. The van der Waals surface area contributed by atoms with Crippen molar-refractivity contribution in [3.63, 3.8) is 0 Å². The second-order valence-electron chi connectivity index (χ2n) is 8.62. The first-order chi connectivity index (χ1) is 14.7. The molecule has 31 heavy (non-hydrogen) atoms. The fourth-order valence-electron chi connectivity index (χ4n) is 3.38. The molecule has 3 heterocycles. The van der Waals surface area contributed by atoms with Crippen molar-refractivity contribution >= 4 is 33.2 Å². The van der Waals surface area contributed by atoms with Crippen molar-refractivity contribution in [1.29, 1.82) is 0 Å². The molecule has 3 aromatic rings. The average molecular weight is 447 g/mol. The van der Waals surface area contributed by atoms with Crippen LogP contribution in [0.5, 0.6) is 0 Å². The van der Waals surface area contributed by atoms with E-state index in [0.717, 1.165) is 0 Å². The second kappa shape index (κ2) is 8.43. The fraction of sp³-hybridized carbons (Fsp3) is 0.476. The van der Waals surface area contributed by atoms with Crippen molar-refractivity contribution in [2.75, 3.05) is 50.1 Å². The van der Waals surface area contributed by atoms with Gasteiger partial charge in [-0.15, -0.1) is 5.10 Å². The number of halogens is 1. The molecule has 0 saturated carbocycles. The van der Waals surface area contributed by atoms with Crippen LogP contribution in [0.2, 0.25) is 0 Å². The standard InChI is InChI=1S/C21H27FN6O2S/c1-21(2,3)24-18-17(14-6-5-7-15(22)12-14)23-19-28(18)25-20(31-19)26(4)13-16(29)27-8-10-30-11-9-27/h5-7,12,24H,8-11,13H2,1-4H3. The lowest BCUT2D eigenvalue weighted by Crippen LogP contribution is -2.45. The number of likely N-dealkylation sites (N-methyl/N-ethyl adjacent to an activating group) is 1. The molecule has 0 unspecified atom stereocenters. The predicted octanol–water partition coefficient (Wildman–Crippen LogP) is 3.10. The van der Waals surface area contributed by atoms with Crippen LogP contribution in [-0.2, 0) is 9.53 Å². The van der Waals surface area contributed by atoms with E-state index in [-0.39, 0.29) is 23.8 Å². The third-order valence-corrected chi connectivity index (χ3v) is 5.87. The van der Waals surface area contributed by atoms with Crippen LogP contribution in [0.4, 0.5) is 15.3 Å². The van der Waals surface area contributed by atoms with E-state index in [0.29, 0.717) is 53.5 Å². The van der Waals surface area contributed by atoms with E-state index < -0.39 is 0 Å². The minimum Gasteiger partial charge on any atom is -0.378 e. The molecule has 0 spiro atoms. The third kappa shape index (κ3) is 4.80. The summed E-state index contributed by atoms with van der Waals surface area (Å²) in [6.07, 6.45) is 0. The molecule has 2 aromatic heterocycles. The highest BCUT2D eigenvalue weighted by Crippen LogP contribution is 2.34. The van der Waals surface area contributed by atoms with Gasteiger partial charge in [-0.1, -0.05) is 23.5 Å². The van der Waals surface area contributed by atoms with Crippen LogP contribution >= 0.6 is 11.3 Å². The quantitative estimate of drug-likeness (QED) is 0.649. The van der Waals surface area contributed by atoms with Crippen molar-refractivity contribution in [3.05, 3.63) is 30.1 Å². The topological polar surface area (TPSA) is 75.0 Å². The Balaban J connectivity index is 1.64. The Morgan fingerprint density at radius 2 is 2.06 bits per heavy atom. The van der Waals surface area contributed by atoms with E-state index in [1.807, 2.05) is 43.7 Å². The van der Waals surface area contributed by atoms with Gasteiger partial charge < -0.3 is 19.9 Å². The highest BCUT2D eigenvalue weighted by atomic mass is 32.1. The van der Waals surface area contributed by atoms with Crippen molar-refractivity contribution in [3.8, 4) is 11.3 Å². The van der Waals surface area contributed by atoms with E-state index in [9.17, 15) is 9.18 Å². The van der Waals surface area contributed by atoms with Crippen molar-refractivity contribution in [2.24, 2.45) is 0 Å². The minimum absolute atomic E-state index is 0.0483. The molecular formula is C21H27FN6O2S. The summed E-state index contributed by atoms with van der Waals surface area (Å²) in [6.45, 7) is 8.74. The van der Waals surface area contributed by atoms with Gasteiger partial charge in [0.1, 0.15) is 11.5 Å². The maximum atomic E-state index is 13.8. The van der Waals surface area contributed by atoms with Crippen LogP contribution in [0, 0.1) is 5.82 Å². The molecule has 0 aliphatic carbocycles. The smallest absolute Gasteiger partial charge is 0.242 e. The molecule has 1 fully saturated rings. The van der Waals surface area contributed by atoms with Gasteiger partial charge in [0.25, 0.3) is 0 Å². The molecule has 1 N–H and O–H groups in total. The number of rotatable bonds is 5. The van der Waals surface area contributed by atoms with Gasteiger partial charge in [-0.2, -0.15) is 4.52 Å². The Morgan fingerprint density at radius 1 is 1.32 bits per heavy atom. The monoisotopic (exact) mass is 446 g/mol. The number of imidazole rings is 1. The minimum atomic E-state index is -0.314. The number of benzene rings is 1. The lowest BCUT2D eigenvalue weighted by atomic mass is 10.1. The first kappa shape index (κ1) is 21.5. The Kier molecular flexibility index (Phi) is 5.85. The summed E-state index contributed by atoms with van der Waals surface area (Å²) in [5.41, 5.74) is 1.08. The lowest BCUT2D eigenvalue weighted by Gasteiger charge is -2.28. The highest BCUT2D eigenvalue weighted by Gasteiger charge is 2.24. The molecule has 8 nitrogen and oxygen atoms in total. The van der Waals surface area contributed by atoms with E-state index in [1.54, 1.807) is 10.6 Å². The molecule has 0 bridgehead atoms. The summed E-state index contributed by atoms with van der Waals surface area (Å²) in [5, 5.41) is 8.85. The normalized spacial score (nSPS) is 14.8. The van der Waals surface area contributed by atoms with Gasteiger partial charge in [-0.05, 0) is 32.9 Å². The maximum Gasteiger partial charge on any atom is 0.242 e. The van der Waals surface area contributed by atoms with Gasteiger partial charge in [-0.25, -0.2) is 9.37 Å². The molecule has 1 saturated heterocycles. The molecule has 1 aliphatic heterocycles. The zero-order valence-corrected chi connectivity index (χ0v) is 19.0. The van der Waals surface area contributed by atoms with Crippen LogP contribution in [0.3, 0.4) is 0 Å². The molecule has 1 aliphatic rings. The third-order valence-electron chi connectivity index (χ3n) is 4.85. The van der Waals surface area contributed by atoms with Gasteiger partial charge in [0.2, 0.25) is 16.0 Å². The number of carbonyl (C=O) groups excluding carboxylic acids is 1. The number of nitrogens with one attached hydrogen (secondary N) is 1. The molecule has 166 valence electrons. The molecule has 0 atom stereocenters. The molecule has 4 rings (SSSR count). The highest BCUT2D eigenvalue weighted by molar-refractivity contribution is 7.20. The first-order valence-electron chi connectivity index (χ1n) is 10.2. The lowest BCUT2D eigenvalue weighted by molar-refractivity contribution is -0.133. The number of hydrogen-bond donors (Lipinski definition) is 1. The number of fused-ring (bicyclic) bond motifs is 1. The average Bonchev–Trinajstić information content (AvgIpc) is 3.27. The number of morpholine rings is 1. The summed E-state index contributed by atoms with van der Waals surface area (Å²) in [6, 6.07) is 6.38. The van der Waals surface area contributed by atoms with Crippen molar-refractivity contribution < 1.29 is 13.9 Å². The maximum absolute atomic E-state index is 13.8.